The summed E-state index contributed by atoms with van der Waals surface area (Å²) in [4.78, 5) is 22.7. The number of anilines is 1. The van der Waals surface area contributed by atoms with Crippen LogP contribution in [-0.4, -0.2) is 11.9 Å². The van der Waals surface area contributed by atoms with E-state index in [1.165, 1.54) is 18.2 Å². The van der Waals surface area contributed by atoms with Crippen LogP contribution in [0.25, 0.3) is 0 Å². The van der Waals surface area contributed by atoms with E-state index in [-0.39, 0.29) is 28.6 Å². The van der Waals surface area contributed by atoms with Crippen LogP contribution in [0.15, 0.2) is 48.5 Å². The molecule has 0 saturated heterocycles. The van der Waals surface area contributed by atoms with Crippen LogP contribution >= 0.6 is 11.6 Å². The van der Waals surface area contributed by atoms with Gasteiger partial charge in [0.05, 0.1) is 23.1 Å². The minimum absolute atomic E-state index is 0.0376. The van der Waals surface area contributed by atoms with Gasteiger partial charge in [0.15, 0.2) is 0 Å². The molecule has 2 rings (SSSR count). The normalized spacial score (nSPS) is 10.1. The molecule has 0 radical (unpaired) electrons. The monoisotopic (exact) mass is 288 g/mol. The van der Waals surface area contributed by atoms with Gasteiger partial charge in [-0.25, -0.2) is 0 Å². The lowest BCUT2D eigenvalue weighted by Gasteiger charge is -2.10. The number of rotatable bonds is 4. The second-order valence-electron chi connectivity index (χ2n) is 4.19. The van der Waals surface area contributed by atoms with E-state index in [9.17, 15) is 14.7 Å². The summed E-state index contributed by atoms with van der Waals surface area (Å²) >= 11 is 5.92. The molecule has 0 spiro atoms. The molecule has 0 aromatic heterocycles. The lowest BCUT2D eigenvalue weighted by atomic mass is 10.1. The molecule has 0 fully saturated rings. The molecule has 0 heterocycles. The SMILES string of the molecule is O=C(Cc1ccccc1)Nc1cc(C(=O)[O-])ccc1Cl. The molecular weight excluding hydrogens is 278 g/mol. The second kappa shape index (κ2) is 6.21. The van der Waals surface area contributed by atoms with Gasteiger partial charge in [0.2, 0.25) is 5.91 Å². The van der Waals surface area contributed by atoms with Crippen molar-refractivity contribution < 1.29 is 14.7 Å². The fraction of sp³-hybridized carbons (Fsp3) is 0.0667. The van der Waals surface area contributed by atoms with Gasteiger partial charge in [-0.15, -0.1) is 0 Å². The number of carboxylic acid groups (broad SMARTS) is 1. The summed E-state index contributed by atoms with van der Waals surface area (Å²) in [5.74, 6) is -1.59. The molecule has 102 valence electrons. The zero-order valence-electron chi connectivity index (χ0n) is 10.4. The molecule has 0 aliphatic rings. The maximum absolute atomic E-state index is 11.9. The van der Waals surface area contributed by atoms with Crippen molar-refractivity contribution in [3.05, 3.63) is 64.7 Å². The van der Waals surface area contributed by atoms with Gasteiger partial charge < -0.3 is 15.2 Å². The fourth-order valence-corrected chi connectivity index (χ4v) is 1.89. The largest absolute Gasteiger partial charge is 0.545 e. The van der Waals surface area contributed by atoms with Gasteiger partial charge >= 0.3 is 0 Å². The highest BCUT2D eigenvalue weighted by Crippen LogP contribution is 2.23. The van der Waals surface area contributed by atoms with E-state index in [1.54, 1.807) is 0 Å². The fourth-order valence-electron chi connectivity index (χ4n) is 1.72. The predicted molar refractivity (Wildman–Crippen MR) is 74.6 cm³/mol. The van der Waals surface area contributed by atoms with Crippen LogP contribution in [-0.2, 0) is 11.2 Å². The van der Waals surface area contributed by atoms with Gasteiger partial charge in [0, 0.05) is 0 Å². The first-order valence-corrected chi connectivity index (χ1v) is 6.29. The Kier molecular flexibility index (Phi) is 4.38. The number of carbonyl (C=O) groups is 2. The van der Waals surface area contributed by atoms with Crippen molar-refractivity contribution >= 4 is 29.2 Å². The molecule has 2 aromatic rings. The van der Waals surface area contributed by atoms with E-state index in [4.69, 9.17) is 11.6 Å². The van der Waals surface area contributed by atoms with E-state index >= 15 is 0 Å². The number of halogens is 1. The highest BCUT2D eigenvalue weighted by atomic mass is 35.5. The molecule has 0 unspecified atom stereocenters. The van der Waals surface area contributed by atoms with Crippen molar-refractivity contribution in [3.8, 4) is 0 Å². The quantitative estimate of drug-likeness (QED) is 0.934. The first kappa shape index (κ1) is 14.1. The van der Waals surface area contributed by atoms with E-state index in [0.29, 0.717) is 0 Å². The first-order valence-electron chi connectivity index (χ1n) is 5.91. The summed E-state index contributed by atoms with van der Waals surface area (Å²) in [5.41, 5.74) is 1.08. The Labute approximate surface area is 121 Å². The molecule has 0 saturated carbocycles. The van der Waals surface area contributed by atoms with Crippen LogP contribution in [0.5, 0.6) is 0 Å². The molecule has 0 bridgehead atoms. The average molecular weight is 289 g/mol. The number of nitrogens with one attached hydrogen (secondary N) is 1. The molecule has 1 N–H and O–H groups in total. The predicted octanol–water partition coefficient (Wildman–Crippen LogP) is 1.88. The molecule has 1 amide bonds. The zero-order chi connectivity index (χ0) is 14.5. The number of carboxylic acids is 1. The van der Waals surface area contributed by atoms with Crippen LogP contribution in [0.2, 0.25) is 5.02 Å². The van der Waals surface area contributed by atoms with E-state index < -0.39 is 5.97 Å². The van der Waals surface area contributed by atoms with E-state index in [1.807, 2.05) is 30.3 Å². The maximum atomic E-state index is 11.9. The third-order valence-corrected chi connectivity index (χ3v) is 3.01. The van der Waals surface area contributed by atoms with Gasteiger partial charge in [0.25, 0.3) is 0 Å². The average Bonchev–Trinajstić information content (AvgIpc) is 2.42. The van der Waals surface area contributed by atoms with Crippen LogP contribution in [0.1, 0.15) is 15.9 Å². The zero-order valence-corrected chi connectivity index (χ0v) is 11.2. The van der Waals surface area contributed by atoms with Crippen LogP contribution in [0.3, 0.4) is 0 Å². The third kappa shape index (κ3) is 3.59. The highest BCUT2D eigenvalue weighted by molar-refractivity contribution is 6.33. The summed E-state index contributed by atoms with van der Waals surface area (Å²) in [5, 5.41) is 13.6. The van der Waals surface area contributed by atoms with Crippen molar-refractivity contribution in [1.29, 1.82) is 0 Å². The van der Waals surface area contributed by atoms with Gasteiger partial charge in [-0.2, -0.15) is 0 Å². The summed E-state index contributed by atoms with van der Waals surface area (Å²) in [6.07, 6.45) is 0.187. The Bertz CT molecular complexity index is 641. The topological polar surface area (TPSA) is 69.2 Å². The van der Waals surface area contributed by atoms with Crippen molar-refractivity contribution in [1.82, 2.24) is 0 Å². The Morgan fingerprint density at radius 2 is 1.80 bits per heavy atom. The minimum Gasteiger partial charge on any atom is -0.545 e. The summed E-state index contributed by atoms with van der Waals surface area (Å²) in [6.45, 7) is 0. The van der Waals surface area contributed by atoms with Crippen LogP contribution in [0.4, 0.5) is 5.69 Å². The molecular formula is C15H11ClNO3-. The van der Waals surface area contributed by atoms with Crippen LogP contribution in [0, 0.1) is 0 Å². The number of aromatic carboxylic acids is 1. The maximum Gasteiger partial charge on any atom is 0.228 e. The number of hydrogen-bond acceptors (Lipinski definition) is 3. The van der Waals surface area contributed by atoms with Gasteiger partial charge in [-0.05, 0) is 23.3 Å². The lowest BCUT2D eigenvalue weighted by Crippen LogP contribution is -2.22. The first-order chi connectivity index (χ1) is 9.56. The summed E-state index contributed by atoms with van der Waals surface area (Å²) < 4.78 is 0. The summed E-state index contributed by atoms with van der Waals surface area (Å²) in [6, 6.07) is 13.2. The Morgan fingerprint density at radius 1 is 1.10 bits per heavy atom. The van der Waals surface area contributed by atoms with Crippen molar-refractivity contribution in [2.24, 2.45) is 0 Å². The molecule has 0 aliphatic carbocycles. The number of hydrogen-bond donors (Lipinski definition) is 1. The van der Waals surface area contributed by atoms with E-state index in [0.717, 1.165) is 5.56 Å². The van der Waals surface area contributed by atoms with Gasteiger partial charge in [-0.1, -0.05) is 48.0 Å². The lowest BCUT2D eigenvalue weighted by molar-refractivity contribution is -0.255. The Hall–Kier alpha value is -2.33. The summed E-state index contributed by atoms with van der Waals surface area (Å²) in [7, 11) is 0. The van der Waals surface area contributed by atoms with Crippen LogP contribution < -0.4 is 10.4 Å². The molecule has 2 aromatic carbocycles. The number of carbonyl (C=O) groups excluding carboxylic acids is 2. The highest BCUT2D eigenvalue weighted by Gasteiger charge is 2.08. The number of benzene rings is 2. The Morgan fingerprint density at radius 3 is 2.45 bits per heavy atom. The van der Waals surface area contributed by atoms with E-state index in [2.05, 4.69) is 5.32 Å². The molecule has 4 nitrogen and oxygen atoms in total. The van der Waals surface area contributed by atoms with Gasteiger partial charge in [-0.3, -0.25) is 4.79 Å². The molecule has 5 heteroatoms. The Balaban J connectivity index is 2.11. The number of amides is 1. The van der Waals surface area contributed by atoms with Gasteiger partial charge in [0.1, 0.15) is 0 Å². The molecule has 0 aliphatic heterocycles. The minimum atomic E-state index is -1.32. The standard InChI is InChI=1S/C15H12ClNO3/c16-12-7-6-11(15(19)20)9-13(12)17-14(18)8-10-4-2-1-3-5-10/h1-7,9H,8H2,(H,17,18)(H,19,20)/p-1. The van der Waals surface area contributed by atoms with Crippen molar-refractivity contribution in [2.45, 2.75) is 6.42 Å². The second-order valence-corrected chi connectivity index (χ2v) is 4.60. The smallest absolute Gasteiger partial charge is 0.228 e. The molecule has 20 heavy (non-hydrogen) atoms. The third-order valence-electron chi connectivity index (χ3n) is 2.68. The van der Waals surface area contributed by atoms with Crippen molar-refractivity contribution in [3.63, 3.8) is 0 Å². The molecule has 0 atom stereocenters. The van der Waals surface area contributed by atoms with Crippen molar-refractivity contribution in [2.75, 3.05) is 5.32 Å².